The van der Waals surface area contributed by atoms with Crippen molar-refractivity contribution in [1.29, 1.82) is 0 Å². The molecule has 9 heteroatoms. The molecule has 8 nitrogen and oxygen atoms in total. The highest BCUT2D eigenvalue weighted by Gasteiger charge is 2.30. The number of hydrogen-bond donors (Lipinski definition) is 1. The first-order chi connectivity index (χ1) is 12.8. The number of nitrogens with zero attached hydrogens (tertiary/aromatic N) is 1. The van der Waals surface area contributed by atoms with Gasteiger partial charge in [-0.1, -0.05) is 6.07 Å². The van der Waals surface area contributed by atoms with Crippen LogP contribution in [0.4, 0.5) is 0 Å². The summed E-state index contributed by atoms with van der Waals surface area (Å²) in [5, 5.41) is 2.69. The van der Waals surface area contributed by atoms with E-state index < -0.39 is 10.0 Å². The second-order valence-corrected chi connectivity index (χ2v) is 9.02. The van der Waals surface area contributed by atoms with E-state index in [1.54, 1.807) is 0 Å². The number of nitrogens with one attached hydrogen (secondary N) is 1. The van der Waals surface area contributed by atoms with E-state index in [1.165, 1.54) is 4.31 Å². The van der Waals surface area contributed by atoms with E-state index in [0.29, 0.717) is 31.0 Å². The van der Waals surface area contributed by atoms with Gasteiger partial charge in [-0.3, -0.25) is 4.79 Å². The molecule has 2 heterocycles. The van der Waals surface area contributed by atoms with Crippen LogP contribution in [-0.2, 0) is 26.0 Å². The molecule has 27 heavy (non-hydrogen) atoms. The summed E-state index contributed by atoms with van der Waals surface area (Å²) in [5.41, 5.74) is 0.971. The number of hydrogen-bond acceptors (Lipinski definition) is 6. The van der Waals surface area contributed by atoms with E-state index in [9.17, 15) is 13.2 Å². The quantitative estimate of drug-likeness (QED) is 0.734. The van der Waals surface area contributed by atoms with Gasteiger partial charge in [0.2, 0.25) is 22.7 Å². The van der Waals surface area contributed by atoms with Crippen molar-refractivity contribution in [2.45, 2.75) is 38.9 Å². The molecule has 0 aliphatic carbocycles. The predicted octanol–water partition coefficient (Wildman–Crippen LogP) is 0.903. The van der Waals surface area contributed by atoms with Gasteiger partial charge in [0.1, 0.15) is 0 Å². The van der Waals surface area contributed by atoms with Crippen LogP contribution in [0, 0.1) is 0 Å². The maximum atomic E-state index is 12.4. The molecule has 1 amide bonds. The van der Waals surface area contributed by atoms with Crippen molar-refractivity contribution >= 4 is 15.9 Å². The summed E-state index contributed by atoms with van der Waals surface area (Å²) in [7, 11) is -3.41. The van der Waals surface area contributed by atoms with Crippen LogP contribution in [-0.4, -0.2) is 63.0 Å². The van der Waals surface area contributed by atoms with Crippen LogP contribution >= 0.6 is 0 Å². The van der Waals surface area contributed by atoms with Crippen LogP contribution in [0.3, 0.4) is 0 Å². The van der Waals surface area contributed by atoms with Gasteiger partial charge in [0.15, 0.2) is 11.5 Å². The van der Waals surface area contributed by atoms with Crippen LogP contribution in [0.5, 0.6) is 11.5 Å². The van der Waals surface area contributed by atoms with E-state index in [2.05, 4.69) is 5.32 Å². The zero-order chi connectivity index (χ0) is 19.4. The van der Waals surface area contributed by atoms with Gasteiger partial charge in [0.25, 0.3) is 0 Å². The molecular weight excluding hydrogens is 372 g/mol. The number of aryl methyl sites for hydroxylation is 1. The lowest BCUT2D eigenvalue weighted by Gasteiger charge is -2.34. The summed E-state index contributed by atoms with van der Waals surface area (Å²) >= 11 is 0. The number of morpholine rings is 1. The molecule has 0 spiro atoms. The standard InChI is InChI=1S/C18H26N2O6S/c1-13-10-20(11-14(2)26-13)27(22,23)8-7-19-18(21)6-4-15-3-5-16-17(9-15)25-12-24-16/h3,5,9,13-14H,4,6-8,10-12H2,1-2H3,(H,19,21). The van der Waals surface area contributed by atoms with Gasteiger partial charge in [-0.2, -0.15) is 4.31 Å². The van der Waals surface area contributed by atoms with Crippen molar-refractivity contribution in [3.05, 3.63) is 23.8 Å². The van der Waals surface area contributed by atoms with E-state index in [0.717, 1.165) is 5.56 Å². The highest BCUT2D eigenvalue weighted by atomic mass is 32.2. The van der Waals surface area contributed by atoms with Crippen LogP contribution in [0.15, 0.2) is 18.2 Å². The van der Waals surface area contributed by atoms with Gasteiger partial charge in [-0.15, -0.1) is 0 Å². The lowest BCUT2D eigenvalue weighted by molar-refractivity contribution is -0.120. The Morgan fingerprint density at radius 1 is 1.19 bits per heavy atom. The van der Waals surface area contributed by atoms with Gasteiger partial charge >= 0.3 is 0 Å². The Morgan fingerprint density at radius 2 is 1.89 bits per heavy atom. The fourth-order valence-corrected chi connectivity index (χ4v) is 4.74. The molecule has 1 N–H and O–H groups in total. The van der Waals surface area contributed by atoms with Gasteiger partial charge in [-0.05, 0) is 38.0 Å². The molecule has 2 aliphatic rings. The number of sulfonamides is 1. The molecule has 2 atom stereocenters. The van der Waals surface area contributed by atoms with Crippen LogP contribution in [0.1, 0.15) is 25.8 Å². The number of carbonyl (C=O) groups excluding carboxylic acids is 1. The second kappa shape index (κ2) is 8.45. The largest absolute Gasteiger partial charge is 0.454 e. The minimum absolute atomic E-state index is 0.0996. The summed E-state index contributed by atoms with van der Waals surface area (Å²) in [6.45, 7) is 4.73. The first-order valence-corrected chi connectivity index (χ1v) is 10.7. The normalized spacial score (nSPS) is 22.6. The Labute approximate surface area is 159 Å². The molecule has 0 saturated carbocycles. The number of carbonyl (C=O) groups is 1. The van der Waals surface area contributed by atoms with E-state index in [1.807, 2.05) is 32.0 Å². The predicted molar refractivity (Wildman–Crippen MR) is 99.3 cm³/mol. The van der Waals surface area contributed by atoms with Crippen molar-refractivity contribution in [1.82, 2.24) is 9.62 Å². The Morgan fingerprint density at radius 3 is 2.63 bits per heavy atom. The number of fused-ring (bicyclic) bond motifs is 1. The first-order valence-electron chi connectivity index (χ1n) is 9.12. The molecule has 1 aromatic carbocycles. The number of benzene rings is 1. The molecule has 1 saturated heterocycles. The molecule has 0 aromatic heterocycles. The van der Waals surface area contributed by atoms with Crippen LogP contribution < -0.4 is 14.8 Å². The van der Waals surface area contributed by atoms with Crippen LogP contribution in [0.25, 0.3) is 0 Å². The van der Waals surface area contributed by atoms with E-state index in [-0.39, 0.29) is 43.6 Å². The van der Waals surface area contributed by atoms with Crippen molar-refractivity contribution in [2.75, 3.05) is 32.2 Å². The lowest BCUT2D eigenvalue weighted by Crippen LogP contribution is -2.49. The highest BCUT2D eigenvalue weighted by Crippen LogP contribution is 2.32. The molecule has 1 aromatic rings. The third-order valence-electron chi connectivity index (χ3n) is 4.54. The first kappa shape index (κ1) is 19.9. The Kier molecular flexibility index (Phi) is 6.23. The summed E-state index contributed by atoms with van der Waals surface area (Å²) in [6, 6.07) is 5.58. The summed E-state index contributed by atoms with van der Waals surface area (Å²) in [5.74, 6) is 1.11. The second-order valence-electron chi connectivity index (χ2n) is 6.93. The Hall–Kier alpha value is -1.84. The molecule has 2 unspecified atom stereocenters. The highest BCUT2D eigenvalue weighted by molar-refractivity contribution is 7.89. The molecule has 3 rings (SSSR count). The van der Waals surface area contributed by atoms with E-state index >= 15 is 0 Å². The van der Waals surface area contributed by atoms with Crippen molar-refractivity contribution in [3.63, 3.8) is 0 Å². The molecule has 0 bridgehead atoms. The third kappa shape index (κ3) is 5.33. The molecule has 150 valence electrons. The average molecular weight is 398 g/mol. The molecular formula is C18H26N2O6S. The molecule has 1 fully saturated rings. The number of ether oxygens (including phenoxy) is 3. The Balaban J connectivity index is 1.41. The minimum Gasteiger partial charge on any atom is -0.454 e. The maximum Gasteiger partial charge on any atom is 0.231 e. The van der Waals surface area contributed by atoms with Crippen molar-refractivity contribution in [2.24, 2.45) is 0 Å². The minimum atomic E-state index is -3.41. The van der Waals surface area contributed by atoms with E-state index in [4.69, 9.17) is 14.2 Å². The smallest absolute Gasteiger partial charge is 0.231 e. The average Bonchev–Trinajstić information content (AvgIpc) is 3.06. The van der Waals surface area contributed by atoms with Gasteiger partial charge in [-0.25, -0.2) is 8.42 Å². The lowest BCUT2D eigenvalue weighted by atomic mass is 10.1. The van der Waals surface area contributed by atoms with Crippen molar-refractivity contribution < 1.29 is 27.4 Å². The van der Waals surface area contributed by atoms with Crippen molar-refractivity contribution in [3.8, 4) is 11.5 Å². The zero-order valence-electron chi connectivity index (χ0n) is 15.6. The fraction of sp³-hybridized carbons (Fsp3) is 0.611. The summed E-state index contributed by atoms with van der Waals surface area (Å²) in [6.07, 6.45) is 0.582. The van der Waals surface area contributed by atoms with Gasteiger partial charge in [0.05, 0.1) is 18.0 Å². The van der Waals surface area contributed by atoms with Gasteiger partial charge < -0.3 is 19.5 Å². The van der Waals surface area contributed by atoms with Gasteiger partial charge in [0, 0.05) is 26.1 Å². The SMILES string of the molecule is CC1CN(S(=O)(=O)CCNC(=O)CCc2ccc3c(c2)OCO3)CC(C)O1. The molecule has 0 radical (unpaired) electrons. The molecule has 2 aliphatic heterocycles. The fourth-order valence-electron chi connectivity index (χ4n) is 3.25. The third-order valence-corrected chi connectivity index (χ3v) is 6.34. The summed E-state index contributed by atoms with van der Waals surface area (Å²) in [4.78, 5) is 12.0. The summed E-state index contributed by atoms with van der Waals surface area (Å²) < 4.78 is 42.5. The maximum absolute atomic E-state index is 12.4. The number of amides is 1. The van der Waals surface area contributed by atoms with Crippen LogP contribution in [0.2, 0.25) is 0 Å². The Bertz CT molecular complexity index is 772. The topological polar surface area (TPSA) is 94.2 Å². The monoisotopic (exact) mass is 398 g/mol. The zero-order valence-corrected chi connectivity index (χ0v) is 16.5. The number of rotatable bonds is 7.